The lowest BCUT2D eigenvalue weighted by molar-refractivity contribution is 0.337. The van der Waals surface area contributed by atoms with E-state index in [9.17, 15) is 0 Å². The van der Waals surface area contributed by atoms with Crippen molar-refractivity contribution in [3.63, 3.8) is 0 Å². The summed E-state index contributed by atoms with van der Waals surface area (Å²) in [6, 6.07) is 9.39. The van der Waals surface area contributed by atoms with E-state index in [0.717, 1.165) is 12.5 Å². The van der Waals surface area contributed by atoms with E-state index in [0.29, 0.717) is 6.04 Å². The fourth-order valence-corrected chi connectivity index (χ4v) is 3.50. The maximum Gasteiger partial charge on any atom is 0.0346 e. The van der Waals surface area contributed by atoms with E-state index in [4.69, 9.17) is 0 Å². The number of nitrogens with one attached hydrogen (secondary N) is 1. The molecule has 0 saturated heterocycles. The molecule has 3 rings (SSSR count). The minimum Gasteiger partial charge on any atom is -0.310 e. The summed E-state index contributed by atoms with van der Waals surface area (Å²) in [6.45, 7) is 3.33. The summed E-state index contributed by atoms with van der Waals surface area (Å²) >= 11 is 0. The van der Waals surface area contributed by atoms with Crippen molar-refractivity contribution >= 4 is 10.8 Å². The lowest BCUT2D eigenvalue weighted by Crippen LogP contribution is -2.32. The summed E-state index contributed by atoms with van der Waals surface area (Å²) in [5, 5.41) is 6.25. The second kappa shape index (κ2) is 7.04. The molecule has 1 saturated carbocycles. The van der Waals surface area contributed by atoms with Gasteiger partial charge in [0.1, 0.15) is 0 Å². The summed E-state index contributed by atoms with van der Waals surface area (Å²) in [5.74, 6) is 0.858. The first-order chi connectivity index (χ1) is 10.3. The molecule has 0 spiro atoms. The van der Waals surface area contributed by atoms with Crippen LogP contribution < -0.4 is 5.32 Å². The largest absolute Gasteiger partial charge is 0.310 e. The molecule has 0 bridgehead atoms. The van der Waals surface area contributed by atoms with Gasteiger partial charge >= 0.3 is 0 Å². The van der Waals surface area contributed by atoms with Gasteiger partial charge in [0.25, 0.3) is 0 Å². The Bertz CT molecular complexity index is 571. The zero-order chi connectivity index (χ0) is 14.5. The molecule has 0 unspecified atom stereocenters. The van der Waals surface area contributed by atoms with E-state index in [1.807, 2.05) is 12.4 Å². The first-order valence-electron chi connectivity index (χ1n) is 8.39. The smallest absolute Gasteiger partial charge is 0.0346 e. The van der Waals surface area contributed by atoms with E-state index in [-0.39, 0.29) is 0 Å². The number of aromatic nitrogens is 1. The Morgan fingerprint density at radius 3 is 2.71 bits per heavy atom. The number of benzene rings is 1. The van der Waals surface area contributed by atoms with E-state index in [1.54, 1.807) is 0 Å². The van der Waals surface area contributed by atoms with Crippen molar-refractivity contribution in [3.05, 3.63) is 42.2 Å². The predicted octanol–water partition coefficient (Wildman–Crippen LogP) is 4.68. The molecule has 1 aliphatic carbocycles. The Balaban J connectivity index is 1.60. The molecule has 1 aromatic heterocycles. The van der Waals surface area contributed by atoms with Crippen molar-refractivity contribution in [3.8, 4) is 0 Å². The van der Waals surface area contributed by atoms with Gasteiger partial charge in [-0.3, -0.25) is 4.98 Å². The number of nitrogens with zero attached hydrogens (tertiary/aromatic N) is 1. The van der Waals surface area contributed by atoms with Gasteiger partial charge in [0.2, 0.25) is 0 Å². The summed E-state index contributed by atoms with van der Waals surface area (Å²) in [6.07, 6.45) is 12.3. The Morgan fingerprint density at radius 1 is 1.10 bits per heavy atom. The number of rotatable bonds is 4. The monoisotopic (exact) mass is 282 g/mol. The van der Waals surface area contributed by atoms with Crippen molar-refractivity contribution in [2.45, 2.75) is 58.0 Å². The molecule has 1 aromatic carbocycles. The van der Waals surface area contributed by atoms with E-state index in [1.165, 1.54) is 54.9 Å². The second-order valence-corrected chi connectivity index (χ2v) is 6.48. The molecular weight excluding hydrogens is 256 g/mol. The molecule has 2 heteroatoms. The van der Waals surface area contributed by atoms with Crippen molar-refractivity contribution in [2.24, 2.45) is 5.92 Å². The first kappa shape index (κ1) is 14.5. The normalized spacial score (nSPS) is 18.5. The average Bonchev–Trinajstić information content (AvgIpc) is 2.81. The highest BCUT2D eigenvalue weighted by atomic mass is 14.9. The lowest BCUT2D eigenvalue weighted by Gasteiger charge is -2.23. The molecule has 112 valence electrons. The number of hydrogen-bond acceptors (Lipinski definition) is 2. The minimum atomic E-state index is 0.622. The van der Waals surface area contributed by atoms with Crippen LogP contribution in [0, 0.1) is 5.92 Å². The maximum absolute atomic E-state index is 4.17. The van der Waals surface area contributed by atoms with Crippen LogP contribution in [-0.4, -0.2) is 11.0 Å². The quantitative estimate of drug-likeness (QED) is 0.823. The van der Waals surface area contributed by atoms with E-state index >= 15 is 0 Å². The Hall–Kier alpha value is -1.41. The van der Waals surface area contributed by atoms with E-state index < -0.39 is 0 Å². The van der Waals surface area contributed by atoms with Gasteiger partial charge in [-0.2, -0.15) is 0 Å². The second-order valence-electron chi connectivity index (χ2n) is 6.48. The van der Waals surface area contributed by atoms with Crippen LogP contribution >= 0.6 is 0 Å². The first-order valence-corrected chi connectivity index (χ1v) is 8.39. The van der Waals surface area contributed by atoms with Gasteiger partial charge in [-0.15, -0.1) is 0 Å². The van der Waals surface area contributed by atoms with E-state index in [2.05, 4.69) is 41.5 Å². The van der Waals surface area contributed by atoms with Crippen LogP contribution in [-0.2, 0) is 6.54 Å². The molecule has 21 heavy (non-hydrogen) atoms. The molecular formula is C19H26N2. The molecule has 1 heterocycles. The van der Waals surface area contributed by atoms with Crippen LogP contribution in [0.5, 0.6) is 0 Å². The van der Waals surface area contributed by atoms with Crippen LogP contribution in [0.1, 0.15) is 51.0 Å². The van der Waals surface area contributed by atoms with Crippen molar-refractivity contribution in [1.29, 1.82) is 0 Å². The van der Waals surface area contributed by atoms with Gasteiger partial charge in [0.05, 0.1) is 0 Å². The zero-order valence-corrected chi connectivity index (χ0v) is 13.0. The van der Waals surface area contributed by atoms with Crippen LogP contribution in [0.3, 0.4) is 0 Å². The number of pyridine rings is 1. The SMILES string of the molecule is C[C@H](NCc1ccc2cnccc2c1)C1CCCCCC1. The Kier molecular flexibility index (Phi) is 4.87. The molecule has 1 atom stereocenters. The van der Waals surface area contributed by atoms with Crippen LogP contribution in [0.25, 0.3) is 10.8 Å². The Labute approximate surface area is 128 Å². The average molecular weight is 282 g/mol. The highest BCUT2D eigenvalue weighted by molar-refractivity contribution is 5.81. The van der Waals surface area contributed by atoms with Crippen molar-refractivity contribution < 1.29 is 0 Å². The Morgan fingerprint density at radius 2 is 1.90 bits per heavy atom. The molecule has 1 N–H and O–H groups in total. The third-order valence-corrected chi connectivity index (χ3v) is 4.94. The zero-order valence-electron chi connectivity index (χ0n) is 13.0. The summed E-state index contributed by atoms with van der Waals surface area (Å²) in [4.78, 5) is 4.17. The van der Waals surface area contributed by atoms with Crippen LogP contribution in [0.15, 0.2) is 36.7 Å². The van der Waals surface area contributed by atoms with Gasteiger partial charge in [0.15, 0.2) is 0 Å². The molecule has 0 amide bonds. The minimum absolute atomic E-state index is 0.622. The molecule has 1 aliphatic rings. The van der Waals surface area contributed by atoms with Gasteiger partial charge in [0, 0.05) is 30.4 Å². The fraction of sp³-hybridized carbons (Fsp3) is 0.526. The number of hydrogen-bond donors (Lipinski definition) is 1. The standard InChI is InChI=1S/C19H26N2/c1-15(17-6-4-2-3-5-7-17)21-13-16-8-9-19-14-20-11-10-18(19)12-16/h8-12,14-15,17,21H,2-7,13H2,1H3/t15-/m0/s1. The van der Waals surface area contributed by atoms with Crippen LogP contribution in [0.2, 0.25) is 0 Å². The highest BCUT2D eigenvalue weighted by Gasteiger charge is 2.18. The number of fused-ring (bicyclic) bond motifs is 1. The van der Waals surface area contributed by atoms with Crippen molar-refractivity contribution in [1.82, 2.24) is 10.3 Å². The molecule has 0 radical (unpaired) electrons. The molecule has 1 fully saturated rings. The summed E-state index contributed by atoms with van der Waals surface area (Å²) < 4.78 is 0. The maximum atomic E-state index is 4.17. The topological polar surface area (TPSA) is 24.9 Å². The van der Waals surface area contributed by atoms with Crippen LogP contribution in [0.4, 0.5) is 0 Å². The molecule has 0 aliphatic heterocycles. The third-order valence-electron chi connectivity index (χ3n) is 4.94. The summed E-state index contributed by atoms with van der Waals surface area (Å²) in [5.41, 5.74) is 1.37. The molecule has 2 nitrogen and oxygen atoms in total. The van der Waals surface area contributed by atoms with Crippen molar-refractivity contribution in [2.75, 3.05) is 0 Å². The predicted molar refractivity (Wildman–Crippen MR) is 89.2 cm³/mol. The van der Waals surface area contributed by atoms with Gasteiger partial charge < -0.3 is 5.32 Å². The molecule has 2 aromatic rings. The fourth-order valence-electron chi connectivity index (χ4n) is 3.50. The summed E-state index contributed by atoms with van der Waals surface area (Å²) in [7, 11) is 0. The van der Waals surface area contributed by atoms with Gasteiger partial charge in [-0.25, -0.2) is 0 Å². The van der Waals surface area contributed by atoms with Gasteiger partial charge in [-0.1, -0.05) is 37.8 Å². The van der Waals surface area contributed by atoms with Gasteiger partial charge in [-0.05, 0) is 48.8 Å². The highest BCUT2D eigenvalue weighted by Crippen LogP contribution is 2.25. The third kappa shape index (κ3) is 3.82. The lowest BCUT2D eigenvalue weighted by atomic mass is 9.93.